The van der Waals surface area contributed by atoms with Gasteiger partial charge < -0.3 is 34.5 Å². The highest BCUT2D eigenvalue weighted by atomic mass is 19.1. The van der Waals surface area contributed by atoms with E-state index in [4.69, 9.17) is 18.9 Å². The first-order chi connectivity index (χ1) is 25.3. The Labute approximate surface area is 298 Å². The third-order valence-corrected chi connectivity index (χ3v) is 9.07. The number of hydrogen-bond donors (Lipinski definition) is 3. The van der Waals surface area contributed by atoms with Gasteiger partial charge in [0.2, 0.25) is 0 Å². The van der Waals surface area contributed by atoms with Gasteiger partial charge >= 0.3 is 0 Å². The molecule has 2 aliphatic heterocycles. The predicted octanol–water partition coefficient (Wildman–Crippen LogP) is 5.00. The summed E-state index contributed by atoms with van der Waals surface area (Å²) in [6.45, 7) is 0.159. The van der Waals surface area contributed by atoms with E-state index in [0.717, 1.165) is 5.56 Å². The summed E-state index contributed by atoms with van der Waals surface area (Å²) in [7, 11) is 3.11. The molecule has 5 aromatic rings. The lowest BCUT2D eigenvalue weighted by Crippen LogP contribution is -2.58. The van der Waals surface area contributed by atoms with Crippen LogP contribution in [0.15, 0.2) is 91.1 Å². The predicted molar refractivity (Wildman–Crippen MR) is 189 cm³/mol. The molecule has 2 atom stereocenters. The number of aromatic amines is 1. The number of hydrogen-bond acceptors (Lipinski definition) is 8. The second kappa shape index (κ2) is 14.9. The van der Waals surface area contributed by atoms with Crippen molar-refractivity contribution in [1.29, 1.82) is 0 Å². The maximum absolute atomic E-state index is 14.9. The van der Waals surface area contributed by atoms with Crippen LogP contribution in [-0.4, -0.2) is 78.9 Å². The molecule has 1 saturated heterocycles. The molecular weight excluding hydrogens is 669 g/mol. The number of halogens is 1. The van der Waals surface area contributed by atoms with E-state index in [-0.39, 0.29) is 31.4 Å². The van der Waals surface area contributed by atoms with Crippen molar-refractivity contribution in [3.05, 3.63) is 114 Å². The van der Waals surface area contributed by atoms with E-state index in [1.807, 2.05) is 30.3 Å². The molecule has 3 heterocycles. The van der Waals surface area contributed by atoms with Crippen LogP contribution in [0, 0.1) is 5.82 Å². The average molecular weight is 706 g/mol. The number of nitrogens with one attached hydrogen (secondary N) is 3. The van der Waals surface area contributed by atoms with Crippen molar-refractivity contribution in [3.63, 3.8) is 0 Å². The lowest BCUT2D eigenvalue weighted by molar-refractivity contribution is -0.123. The smallest absolute Gasteiger partial charge is 0.258 e. The molecule has 0 saturated carbocycles. The highest BCUT2D eigenvalue weighted by Gasteiger charge is 2.36. The molecule has 1 fully saturated rings. The number of likely N-dealkylation sites (tertiary alicyclic amines) is 1. The van der Waals surface area contributed by atoms with Crippen LogP contribution in [-0.2, 0) is 11.3 Å². The number of fused-ring (bicyclic) bond motifs is 8. The van der Waals surface area contributed by atoms with Crippen LogP contribution >= 0.6 is 0 Å². The van der Waals surface area contributed by atoms with E-state index < -0.39 is 29.8 Å². The molecule has 3 N–H and O–H groups in total. The van der Waals surface area contributed by atoms with Crippen LogP contribution in [0.4, 0.5) is 4.39 Å². The van der Waals surface area contributed by atoms with Crippen LogP contribution in [0.25, 0.3) is 22.4 Å². The number of amides is 3. The van der Waals surface area contributed by atoms with E-state index in [1.54, 1.807) is 54.5 Å². The highest BCUT2D eigenvalue weighted by Crippen LogP contribution is 2.34. The molecule has 3 amide bonds. The molecule has 4 aromatic carbocycles. The molecule has 0 unspecified atom stereocenters. The lowest BCUT2D eigenvalue weighted by Gasteiger charge is -2.39. The summed E-state index contributed by atoms with van der Waals surface area (Å²) in [6.07, 6.45) is 1.17. The largest absolute Gasteiger partial charge is 0.497 e. The highest BCUT2D eigenvalue weighted by molar-refractivity contribution is 6.00. The minimum Gasteiger partial charge on any atom is -0.497 e. The zero-order valence-corrected chi connectivity index (χ0v) is 28.5. The standard InChI is InChI=1S/C39H36FN5O7/c1-49-28-7-4-6-25(16-28)37-32(20-42-44-37)39(48)45-12-11-35-33(21-45)43-38(47)26-9-10-34(50-2)31(17-26)24-5-3-8-29(15-24)51-22-36(46)41-19-23-13-27(40)18-30(14-23)52-35/h3-10,13-18,20,33,35H,11-12,19,21-22H2,1-2H3,(H,41,46)(H,42,44)(H,43,47)/t33-,35-/m1/s1. The third kappa shape index (κ3) is 7.38. The van der Waals surface area contributed by atoms with Crippen molar-refractivity contribution >= 4 is 17.7 Å². The summed E-state index contributed by atoms with van der Waals surface area (Å²) >= 11 is 0. The van der Waals surface area contributed by atoms with Crippen molar-refractivity contribution in [2.45, 2.75) is 25.1 Å². The Kier molecular flexibility index (Phi) is 9.74. The topological polar surface area (TPSA) is 144 Å². The summed E-state index contributed by atoms with van der Waals surface area (Å²) < 4.78 is 38.0. The molecule has 0 spiro atoms. The summed E-state index contributed by atoms with van der Waals surface area (Å²) in [6, 6.07) is 23.0. The molecule has 13 heteroatoms. The van der Waals surface area contributed by atoms with Gasteiger partial charge in [-0.25, -0.2) is 4.39 Å². The van der Waals surface area contributed by atoms with Gasteiger partial charge in [-0.15, -0.1) is 0 Å². The van der Waals surface area contributed by atoms with Gasteiger partial charge in [0.15, 0.2) is 6.61 Å². The Bertz CT molecular complexity index is 2140. The molecule has 6 bridgehead atoms. The molecule has 52 heavy (non-hydrogen) atoms. The summed E-state index contributed by atoms with van der Waals surface area (Å²) in [5.74, 6) is 0.181. The zero-order valence-electron chi connectivity index (χ0n) is 28.5. The van der Waals surface area contributed by atoms with Crippen LogP contribution in [0.1, 0.15) is 32.7 Å². The molecule has 1 aromatic heterocycles. The Morgan fingerprint density at radius 3 is 2.62 bits per heavy atom. The molecule has 2 aliphatic rings. The minimum atomic E-state index is -0.701. The van der Waals surface area contributed by atoms with Gasteiger partial charge in [0.05, 0.1) is 37.7 Å². The number of benzene rings is 4. The number of carbonyl (C=O) groups excluding carboxylic acids is 3. The molecule has 0 aliphatic carbocycles. The van der Waals surface area contributed by atoms with Gasteiger partial charge in [-0.05, 0) is 65.7 Å². The van der Waals surface area contributed by atoms with Gasteiger partial charge in [-0.3, -0.25) is 19.5 Å². The second-order valence-corrected chi connectivity index (χ2v) is 12.5. The van der Waals surface area contributed by atoms with Crippen LogP contribution in [0.3, 0.4) is 0 Å². The normalized spacial score (nSPS) is 17.5. The maximum atomic E-state index is 14.9. The van der Waals surface area contributed by atoms with E-state index in [0.29, 0.717) is 63.7 Å². The van der Waals surface area contributed by atoms with Crippen LogP contribution in [0.2, 0.25) is 0 Å². The van der Waals surface area contributed by atoms with E-state index in [2.05, 4.69) is 20.8 Å². The number of methoxy groups -OCH3 is 2. The SMILES string of the molecule is COc1cccc(-c2[nH]ncc2C(=O)N2CC[C@H]3Oc4cc(F)cc(c4)CNC(=O)COc4cccc(c4)-c4cc(ccc4OC)C(=O)N[C@@H]3C2)c1. The van der Waals surface area contributed by atoms with Crippen LogP contribution in [0.5, 0.6) is 23.0 Å². The number of H-pyrrole nitrogens is 1. The fourth-order valence-corrected chi connectivity index (χ4v) is 6.46. The van der Waals surface area contributed by atoms with E-state index >= 15 is 0 Å². The van der Waals surface area contributed by atoms with Gasteiger partial charge in [-0.2, -0.15) is 5.10 Å². The first-order valence-electron chi connectivity index (χ1n) is 16.7. The lowest BCUT2D eigenvalue weighted by atomic mass is 9.98. The first-order valence-corrected chi connectivity index (χ1v) is 16.7. The number of piperidine rings is 1. The Morgan fingerprint density at radius 1 is 0.923 bits per heavy atom. The maximum Gasteiger partial charge on any atom is 0.258 e. The van der Waals surface area contributed by atoms with E-state index in [9.17, 15) is 18.8 Å². The number of ether oxygens (including phenoxy) is 4. The fourth-order valence-electron chi connectivity index (χ4n) is 6.46. The van der Waals surface area contributed by atoms with E-state index in [1.165, 1.54) is 25.4 Å². The van der Waals surface area contributed by atoms with Crippen molar-refractivity contribution in [1.82, 2.24) is 25.7 Å². The molecule has 266 valence electrons. The number of aromatic nitrogens is 2. The van der Waals surface area contributed by atoms with Gasteiger partial charge in [0, 0.05) is 48.8 Å². The number of nitrogens with zero attached hydrogens (tertiary/aromatic N) is 2. The van der Waals surface area contributed by atoms with Crippen molar-refractivity contribution in [2.75, 3.05) is 33.9 Å². The third-order valence-electron chi connectivity index (χ3n) is 9.07. The van der Waals surface area contributed by atoms with Gasteiger partial charge in [0.25, 0.3) is 17.7 Å². The summed E-state index contributed by atoms with van der Waals surface area (Å²) in [4.78, 5) is 42.4. The molecule has 12 nitrogen and oxygen atoms in total. The van der Waals surface area contributed by atoms with Crippen molar-refractivity contribution in [3.8, 4) is 45.4 Å². The zero-order chi connectivity index (χ0) is 36.2. The number of rotatable bonds is 4. The Morgan fingerprint density at radius 2 is 1.77 bits per heavy atom. The molecule has 0 radical (unpaired) electrons. The first kappa shape index (κ1) is 34.1. The quantitative estimate of drug-likeness (QED) is 0.237. The van der Waals surface area contributed by atoms with Crippen molar-refractivity contribution < 1.29 is 37.7 Å². The monoisotopic (exact) mass is 705 g/mol. The second-order valence-electron chi connectivity index (χ2n) is 12.5. The van der Waals surface area contributed by atoms with Crippen molar-refractivity contribution in [2.24, 2.45) is 0 Å². The van der Waals surface area contributed by atoms with Crippen LogP contribution < -0.4 is 29.6 Å². The van der Waals surface area contributed by atoms with Gasteiger partial charge in [-0.1, -0.05) is 24.3 Å². The fraction of sp³-hybridized carbons (Fsp3) is 0.231. The molecular formula is C39H36FN5O7. The summed E-state index contributed by atoms with van der Waals surface area (Å²) in [5.41, 5.74) is 3.77. The Hall–Kier alpha value is -6.37. The Balaban J connectivity index is 1.23. The minimum absolute atomic E-state index is 0.0345. The van der Waals surface area contributed by atoms with Gasteiger partial charge in [0.1, 0.15) is 34.9 Å². The summed E-state index contributed by atoms with van der Waals surface area (Å²) in [5, 5.41) is 12.9. The number of carbonyl (C=O) groups is 3. The molecule has 7 rings (SSSR count). The average Bonchev–Trinajstić information content (AvgIpc) is 3.66.